The van der Waals surface area contributed by atoms with Crippen LogP contribution in [-0.4, -0.2) is 27.9 Å². The van der Waals surface area contributed by atoms with E-state index in [-0.39, 0.29) is 0 Å². The van der Waals surface area contributed by atoms with E-state index in [4.69, 9.17) is 0 Å². The quantitative estimate of drug-likeness (QED) is 0.771. The van der Waals surface area contributed by atoms with Crippen LogP contribution in [0.5, 0.6) is 0 Å². The highest BCUT2D eigenvalue weighted by Crippen LogP contribution is 2.28. The Bertz CT molecular complexity index is 283. The van der Waals surface area contributed by atoms with Crippen molar-refractivity contribution in [2.75, 3.05) is 13.1 Å². The molecule has 1 aromatic rings. The molecule has 0 aliphatic heterocycles. The van der Waals surface area contributed by atoms with Crippen molar-refractivity contribution in [2.45, 2.75) is 39.2 Å². The van der Waals surface area contributed by atoms with E-state index in [0.717, 1.165) is 31.5 Å². The Kier molecular flexibility index (Phi) is 4.34. The fourth-order valence-electron chi connectivity index (χ4n) is 2.53. The van der Waals surface area contributed by atoms with E-state index < -0.39 is 0 Å². The molecule has 2 unspecified atom stereocenters. The van der Waals surface area contributed by atoms with Crippen molar-refractivity contribution in [3.63, 3.8) is 0 Å². The van der Waals surface area contributed by atoms with Crippen LogP contribution in [0.15, 0.2) is 12.7 Å². The van der Waals surface area contributed by atoms with Crippen LogP contribution in [0.1, 0.15) is 32.6 Å². The summed E-state index contributed by atoms with van der Waals surface area (Å²) in [5, 5.41) is 7.62. The minimum atomic E-state index is 0.879. The normalized spacial score (nSPS) is 25.8. The first kappa shape index (κ1) is 11.6. The standard InChI is InChI=1S/C12H22N4/c1-11-4-2-3-5-12(11)8-13-6-7-16-10-14-9-15-16/h9-13H,2-8H2,1H3. The Morgan fingerprint density at radius 2 is 2.25 bits per heavy atom. The number of hydrogen-bond donors (Lipinski definition) is 1. The number of nitrogens with zero attached hydrogens (tertiary/aromatic N) is 3. The van der Waals surface area contributed by atoms with Gasteiger partial charge in [-0.05, 0) is 24.8 Å². The zero-order valence-corrected chi connectivity index (χ0v) is 10.1. The third-order valence-corrected chi connectivity index (χ3v) is 3.68. The molecular formula is C12H22N4. The average molecular weight is 222 g/mol. The van der Waals surface area contributed by atoms with E-state index in [9.17, 15) is 0 Å². The van der Waals surface area contributed by atoms with E-state index in [1.54, 1.807) is 12.7 Å². The largest absolute Gasteiger partial charge is 0.315 e. The summed E-state index contributed by atoms with van der Waals surface area (Å²) in [6.45, 7) is 5.46. The predicted molar refractivity (Wildman–Crippen MR) is 64.0 cm³/mol. The minimum absolute atomic E-state index is 0.879. The Labute approximate surface area is 97.5 Å². The van der Waals surface area contributed by atoms with Gasteiger partial charge >= 0.3 is 0 Å². The summed E-state index contributed by atoms with van der Waals surface area (Å²) in [5.41, 5.74) is 0. The topological polar surface area (TPSA) is 42.7 Å². The van der Waals surface area contributed by atoms with Gasteiger partial charge in [0.25, 0.3) is 0 Å². The van der Waals surface area contributed by atoms with Crippen LogP contribution in [0.3, 0.4) is 0 Å². The zero-order chi connectivity index (χ0) is 11.2. The second-order valence-corrected chi connectivity index (χ2v) is 4.88. The maximum Gasteiger partial charge on any atom is 0.137 e. The molecule has 0 spiro atoms. The van der Waals surface area contributed by atoms with Gasteiger partial charge in [-0.2, -0.15) is 5.10 Å². The van der Waals surface area contributed by atoms with E-state index in [1.807, 2.05) is 4.68 Å². The molecule has 90 valence electrons. The molecule has 1 fully saturated rings. The Balaban J connectivity index is 1.60. The van der Waals surface area contributed by atoms with Gasteiger partial charge in [0.2, 0.25) is 0 Å². The van der Waals surface area contributed by atoms with Crippen molar-refractivity contribution in [1.82, 2.24) is 20.1 Å². The second-order valence-electron chi connectivity index (χ2n) is 4.88. The fourth-order valence-corrected chi connectivity index (χ4v) is 2.53. The van der Waals surface area contributed by atoms with Gasteiger partial charge in [-0.1, -0.05) is 26.2 Å². The van der Waals surface area contributed by atoms with Gasteiger partial charge in [0.05, 0.1) is 6.54 Å². The average Bonchev–Trinajstić information content (AvgIpc) is 2.79. The highest BCUT2D eigenvalue weighted by Gasteiger charge is 2.20. The summed E-state index contributed by atoms with van der Waals surface area (Å²) in [7, 11) is 0. The first-order valence-corrected chi connectivity index (χ1v) is 6.39. The SMILES string of the molecule is CC1CCCCC1CNCCn1cncn1. The van der Waals surface area contributed by atoms with Crippen LogP contribution < -0.4 is 5.32 Å². The van der Waals surface area contributed by atoms with Crippen LogP contribution in [-0.2, 0) is 6.54 Å². The molecule has 0 saturated heterocycles. The van der Waals surface area contributed by atoms with Crippen LogP contribution >= 0.6 is 0 Å². The Morgan fingerprint density at radius 1 is 1.38 bits per heavy atom. The maximum atomic E-state index is 4.08. The molecule has 2 atom stereocenters. The molecule has 2 rings (SSSR count). The van der Waals surface area contributed by atoms with Crippen molar-refractivity contribution < 1.29 is 0 Å². The summed E-state index contributed by atoms with van der Waals surface area (Å²) in [4.78, 5) is 3.93. The molecule has 1 aliphatic carbocycles. The first-order chi connectivity index (χ1) is 7.86. The Hall–Kier alpha value is -0.900. The van der Waals surface area contributed by atoms with Gasteiger partial charge in [-0.15, -0.1) is 0 Å². The predicted octanol–water partition coefficient (Wildman–Crippen LogP) is 1.69. The van der Waals surface area contributed by atoms with E-state index in [1.165, 1.54) is 25.7 Å². The van der Waals surface area contributed by atoms with Crippen LogP contribution in [0.25, 0.3) is 0 Å². The summed E-state index contributed by atoms with van der Waals surface area (Å²) >= 11 is 0. The third kappa shape index (κ3) is 3.30. The molecule has 1 aromatic heterocycles. The lowest BCUT2D eigenvalue weighted by Gasteiger charge is -2.28. The maximum absolute atomic E-state index is 4.08. The minimum Gasteiger partial charge on any atom is -0.315 e. The number of hydrogen-bond acceptors (Lipinski definition) is 3. The van der Waals surface area contributed by atoms with Gasteiger partial charge in [0.15, 0.2) is 0 Å². The lowest BCUT2D eigenvalue weighted by molar-refractivity contribution is 0.247. The molecule has 0 bridgehead atoms. The van der Waals surface area contributed by atoms with Crippen molar-refractivity contribution in [3.8, 4) is 0 Å². The zero-order valence-electron chi connectivity index (χ0n) is 10.1. The van der Waals surface area contributed by atoms with E-state index in [2.05, 4.69) is 22.3 Å². The molecule has 4 nitrogen and oxygen atoms in total. The molecular weight excluding hydrogens is 200 g/mol. The van der Waals surface area contributed by atoms with Crippen molar-refractivity contribution in [1.29, 1.82) is 0 Å². The van der Waals surface area contributed by atoms with Crippen LogP contribution in [0.2, 0.25) is 0 Å². The molecule has 4 heteroatoms. The first-order valence-electron chi connectivity index (χ1n) is 6.39. The van der Waals surface area contributed by atoms with Crippen molar-refractivity contribution in [2.24, 2.45) is 11.8 Å². The number of aromatic nitrogens is 3. The van der Waals surface area contributed by atoms with Gasteiger partial charge in [0.1, 0.15) is 12.7 Å². The second kappa shape index (κ2) is 5.99. The number of rotatable bonds is 5. The number of nitrogens with one attached hydrogen (secondary N) is 1. The molecule has 1 saturated carbocycles. The van der Waals surface area contributed by atoms with Crippen LogP contribution in [0.4, 0.5) is 0 Å². The molecule has 1 heterocycles. The van der Waals surface area contributed by atoms with E-state index in [0.29, 0.717) is 0 Å². The van der Waals surface area contributed by atoms with Crippen molar-refractivity contribution >= 4 is 0 Å². The summed E-state index contributed by atoms with van der Waals surface area (Å²) in [6, 6.07) is 0. The fraction of sp³-hybridized carbons (Fsp3) is 0.833. The Morgan fingerprint density at radius 3 is 3.00 bits per heavy atom. The van der Waals surface area contributed by atoms with Crippen molar-refractivity contribution in [3.05, 3.63) is 12.7 Å². The highest BCUT2D eigenvalue weighted by atomic mass is 15.3. The summed E-state index contributed by atoms with van der Waals surface area (Å²) < 4.78 is 1.87. The molecule has 16 heavy (non-hydrogen) atoms. The molecule has 0 amide bonds. The smallest absolute Gasteiger partial charge is 0.137 e. The van der Waals surface area contributed by atoms with E-state index >= 15 is 0 Å². The summed E-state index contributed by atoms with van der Waals surface area (Å²) in [6.07, 6.45) is 9.01. The van der Waals surface area contributed by atoms with Gasteiger partial charge < -0.3 is 5.32 Å². The third-order valence-electron chi connectivity index (χ3n) is 3.68. The monoisotopic (exact) mass is 222 g/mol. The molecule has 0 aromatic carbocycles. The molecule has 1 aliphatic rings. The molecule has 1 N–H and O–H groups in total. The van der Waals surface area contributed by atoms with Gasteiger partial charge in [0, 0.05) is 6.54 Å². The lowest BCUT2D eigenvalue weighted by atomic mass is 9.80. The molecule has 0 radical (unpaired) electrons. The van der Waals surface area contributed by atoms with Gasteiger partial charge in [-0.25, -0.2) is 4.98 Å². The van der Waals surface area contributed by atoms with Crippen LogP contribution in [0, 0.1) is 11.8 Å². The lowest BCUT2D eigenvalue weighted by Crippen LogP contribution is -2.31. The highest BCUT2D eigenvalue weighted by molar-refractivity contribution is 4.74. The van der Waals surface area contributed by atoms with Gasteiger partial charge in [-0.3, -0.25) is 4.68 Å². The summed E-state index contributed by atoms with van der Waals surface area (Å²) in [5.74, 6) is 1.78.